The second-order valence-electron chi connectivity index (χ2n) is 7.55. The second-order valence-corrected chi connectivity index (χ2v) is 8.42. The molecule has 0 spiro atoms. The number of hydrogen-bond donors (Lipinski definition) is 2. The highest BCUT2D eigenvalue weighted by Gasteiger charge is 2.15. The lowest BCUT2D eigenvalue weighted by atomic mass is 10.2. The van der Waals surface area contributed by atoms with Gasteiger partial charge in [0.2, 0.25) is 11.9 Å². The minimum absolute atomic E-state index is 0.299. The third kappa shape index (κ3) is 6.62. The van der Waals surface area contributed by atoms with Crippen LogP contribution in [-0.2, 0) is 13.1 Å². The first-order chi connectivity index (χ1) is 17.0. The van der Waals surface area contributed by atoms with Gasteiger partial charge in [0.15, 0.2) is 0 Å². The fourth-order valence-corrected chi connectivity index (χ4v) is 3.77. The molecule has 0 saturated heterocycles. The Kier molecular flexibility index (Phi) is 8.03. The van der Waals surface area contributed by atoms with Gasteiger partial charge in [0.1, 0.15) is 5.75 Å². The maximum atomic E-state index is 13.1. The highest BCUT2D eigenvalue weighted by Crippen LogP contribution is 2.20. The van der Waals surface area contributed by atoms with Gasteiger partial charge in [0.25, 0.3) is 5.91 Å². The Morgan fingerprint density at radius 1 is 0.943 bits per heavy atom. The number of ether oxygens (including phenoxy) is 1. The molecule has 0 atom stereocenters. The van der Waals surface area contributed by atoms with Gasteiger partial charge in [0, 0.05) is 34.8 Å². The van der Waals surface area contributed by atoms with Crippen molar-refractivity contribution < 1.29 is 9.53 Å². The lowest BCUT2D eigenvalue weighted by Gasteiger charge is -2.06. The maximum Gasteiger partial charge on any atom is 0.274 e. The highest BCUT2D eigenvalue weighted by molar-refractivity contribution is 6.30. The van der Waals surface area contributed by atoms with E-state index in [1.165, 1.54) is 10.8 Å². The van der Waals surface area contributed by atoms with Gasteiger partial charge >= 0.3 is 0 Å². The zero-order valence-electron chi connectivity index (χ0n) is 18.9. The van der Waals surface area contributed by atoms with Crippen molar-refractivity contribution in [1.82, 2.24) is 14.8 Å². The molecule has 0 radical (unpaired) electrons. The molecule has 0 amide bonds. The number of benzene rings is 3. The SMILES string of the molecule is COc1ccccc1/C=C/C(=O)n1nc(NCc2cccc(Cl)c2)nc1NCc1cccc(Cl)c1. The number of allylic oxidation sites excluding steroid dienone is 1. The van der Waals surface area contributed by atoms with Crippen LogP contribution >= 0.6 is 23.2 Å². The summed E-state index contributed by atoms with van der Waals surface area (Å²) in [6, 6.07) is 22.3. The summed E-state index contributed by atoms with van der Waals surface area (Å²) in [5.74, 6) is 0.900. The van der Waals surface area contributed by atoms with Gasteiger partial charge in [-0.2, -0.15) is 9.67 Å². The van der Waals surface area contributed by atoms with E-state index in [1.807, 2.05) is 66.7 Å². The van der Waals surface area contributed by atoms with Crippen molar-refractivity contribution in [3.8, 4) is 5.75 Å². The Morgan fingerprint density at radius 2 is 1.60 bits per heavy atom. The van der Waals surface area contributed by atoms with E-state index in [-0.39, 0.29) is 5.91 Å². The van der Waals surface area contributed by atoms with Gasteiger partial charge in [-0.05, 0) is 47.5 Å². The van der Waals surface area contributed by atoms with E-state index in [1.54, 1.807) is 19.3 Å². The number of aromatic nitrogens is 3. The molecule has 1 heterocycles. The molecule has 1 aromatic heterocycles. The number of nitrogens with zero attached hydrogens (tertiary/aromatic N) is 3. The number of methoxy groups -OCH3 is 1. The molecule has 9 heteroatoms. The summed E-state index contributed by atoms with van der Waals surface area (Å²) >= 11 is 12.2. The first-order valence-corrected chi connectivity index (χ1v) is 11.6. The maximum absolute atomic E-state index is 13.1. The van der Waals surface area contributed by atoms with Gasteiger partial charge in [-0.25, -0.2) is 0 Å². The Balaban J connectivity index is 1.56. The molecule has 0 saturated carbocycles. The summed E-state index contributed by atoms with van der Waals surface area (Å²) in [5.41, 5.74) is 2.68. The van der Waals surface area contributed by atoms with Crippen molar-refractivity contribution in [2.75, 3.05) is 17.7 Å². The summed E-state index contributed by atoms with van der Waals surface area (Å²) in [5, 5.41) is 12.0. The van der Waals surface area contributed by atoms with Crippen LogP contribution in [0.1, 0.15) is 21.5 Å². The standard InChI is InChI=1S/C26H23Cl2N5O2/c1-35-23-11-3-2-8-20(23)12-13-24(34)33-26(30-17-19-7-5-10-22(28)15-19)31-25(32-33)29-16-18-6-4-9-21(27)14-18/h2-15H,16-17H2,1H3,(H2,29,30,31,32)/b13-12+. The minimum Gasteiger partial charge on any atom is -0.496 e. The smallest absolute Gasteiger partial charge is 0.274 e. The topological polar surface area (TPSA) is 81.1 Å². The molecule has 0 aliphatic rings. The van der Waals surface area contributed by atoms with Gasteiger partial charge in [-0.15, -0.1) is 5.10 Å². The van der Waals surface area contributed by atoms with Crippen molar-refractivity contribution in [3.05, 3.63) is 106 Å². The van der Waals surface area contributed by atoms with Crippen LogP contribution < -0.4 is 15.4 Å². The van der Waals surface area contributed by atoms with E-state index in [0.717, 1.165) is 16.7 Å². The van der Waals surface area contributed by atoms with E-state index in [4.69, 9.17) is 27.9 Å². The van der Waals surface area contributed by atoms with Gasteiger partial charge in [0.05, 0.1) is 7.11 Å². The number of carbonyl (C=O) groups is 1. The van der Waals surface area contributed by atoms with Crippen molar-refractivity contribution in [1.29, 1.82) is 0 Å². The molecular weight excluding hydrogens is 485 g/mol. The van der Waals surface area contributed by atoms with E-state index in [0.29, 0.717) is 40.8 Å². The molecule has 4 aromatic rings. The number of hydrogen-bond acceptors (Lipinski definition) is 6. The summed E-state index contributed by atoms with van der Waals surface area (Å²) in [7, 11) is 1.58. The van der Waals surface area contributed by atoms with Crippen molar-refractivity contribution in [2.24, 2.45) is 0 Å². The van der Waals surface area contributed by atoms with E-state index >= 15 is 0 Å². The lowest BCUT2D eigenvalue weighted by molar-refractivity contribution is 0.0957. The third-order valence-electron chi connectivity index (χ3n) is 5.04. The van der Waals surface area contributed by atoms with E-state index in [9.17, 15) is 4.79 Å². The average Bonchev–Trinajstić information content (AvgIpc) is 3.28. The molecule has 4 rings (SSSR count). The predicted molar refractivity (Wildman–Crippen MR) is 140 cm³/mol. The number of nitrogens with one attached hydrogen (secondary N) is 2. The number of anilines is 2. The van der Waals surface area contributed by atoms with Crippen LogP contribution in [-0.4, -0.2) is 27.8 Å². The predicted octanol–water partition coefficient (Wildman–Crippen LogP) is 6.17. The van der Waals surface area contributed by atoms with Gasteiger partial charge in [-0.1, -0.05) is 65.7 Å². The summed E-state index contributed by atoms with van der Waals surface area (Å²) in [4.78, 5) is 17.5. The van der Waals surface area contributed by atoms with Crippen molar-refractivity contribution in [2.45, 2.75) is 13.1 Å². The molecular formula is C26H23Cl2N5O2. The summed E-state index contributed by atoms with van der Waals surface area (Å²) in [6.45, 7) is 0.861. The molecule has 2 N–H and O–H groups in total. The molecule has 35 heavy (non-hydrogen) atoms. The normalized spacial score (nSPS) is 10.9. The Labute approximate surface area is 213 Å². The van der Waals surface area contributed by atoms with Crippen molar-refractivity contribution >= 4 is 47.1 Å². The van der Waals surface area contributed by atoms with Gasteiger partial charge in [-0.3, -0.25) is 4.79 Å². The van der Waals surface area contributed by atoms with Gasteiger partial charge < -0.3 is 15.4 Å². The molecule has 0 aliphatic carbocycles. The lowest BCUT2D eigenvalue weighted by Crippen LogP contribution is -2.14. The third-order valence-corrected chi connectivity index (χ3v) is 5.51. The van der Waals surface area contributed by atoms with Crippen LogP contribution in [0.5, 0.6) is 5.75 Å². The Hall–Kier alpha value is -3.81. The summed E-state index contributed by atoms with van der Waals surface area (Å²) < 4.78 is 6.57. The van der Waals surface area contributed by atoms with Crippen LogP contribution in [0.4, 0.5) is 11.9 Å². The average molecular weight is 508 g/mol. The first-order valence-electron chi connectivity index (χ1n) is 10.8. The van der Waals surface area contributed by atoms with Crippen LogP contribution in [0.3, 0.4) is 0 Å². The van der Waals surface area contributed by atoms with Crippen LogP contribution in [0.15, 0.2) is 78.9 Å². The number of para-hydroxylation sites is 1. The molecule has 0 bridgehead atoms. The molecule has 3 aromatic carbocycles. The number of rotatable bonds is 9. The molecule has 0 unspecified atom stereocenters. The largest absolute Gasteiger partial charge is 0.496 e. The monoisotopic (exact) mass is 507 g/mol. The Morgan fingerprint density at radius 3 is 2.26 bits per heavy atom. The minimum atomic E-state index is -0.368. The van der Waals surface area contributed by atoms with E-state index < -0.39 is 0 Å². The zero-order valence-corrected chi connectivity index (χ0v) is 20.4. The quantitative estimate of drug-likeness (QED) is 0.263. The van der Waals surface area contributed by atoms with Crippen LogP contribution in [0, 0.1) is 0 Å². The molecule has 0 fully saturated rings. The first kappa shape index (κ1) is 24.3. The molecule has 0 aliphatic heterocycles. The second kappa shape index (κ2) is 11.6. The molecule has 178 valence electrons. The van der Waals surface area contributed by atoms with E-state index in [2.05, 4.69) is 20.7 Å². The van der Waals surface area contributed by atoms with Crippen molar-refractivity contribution in [3.63, 3.8) is 0 Å². The Bertz CT molecular complexity index is 1350. The summed E-state index contributed by atoms with van der Waals surface area (Å²) in [6.07, 6.45) is 3.11. The number of halogens is 2. The fraction of sp³-hybridized carbons (Fsp3) is 0.115. The van der Waals surface area contributed by atoms with Crippen LogP contribution in [0.25, 0.3) is 6.08 Å². The zero-order chi connectivity index (χ0) is 24.6. The molecule has 7 nitrogen and oxygen atoms in total. The number of carbonyl (C=O) groups excluding carboxylic acids is 1. The fourth-order valence-electron chi connectivity index (χ4n) is 3.35. The highest BCUT2D eigenvalue weighted by atomic mass is 35.5. The van der Waals surface area contributed by atoms with Crippen LogP contribution in [0.2, 0.25) is 10.0 Å².